The lowest BCUT2D eigenvalue weighted by Gasteiger charge is -2.39. The van der Waals surface area contributed by atoms with Crippen LogP contribution in [-0.2, 0) is 9.53 Å². The average molecular weight is 371 g/mol. The van der Waals surface area contributed by atoms with Crippen molar-refractivity contribution in [1.29, 1.82) is 0 Å². The van der Waals surface area contributed by atoms with Gasteiger partial charge in [0.2, 0.25) is 5.91 Å². The number of carbonyl (C=O) groups is 2. The highest BCUT2D eigenvalue weighted by molar-refractivity contribution is 5.97. The number of hydrogen-bond donors (Lipinski definition) is 1. The molecular weight excluding hydrogens is 342 g/mol. The second kappa shape index (κ2) is 8.40. The summed E-state index contributed by atoms with van der Waals surface area (Å²) >= 11 is 0. The van der Waals surface area contributed by atoms with Crippen molar-refractivity contribution in [3.05, 3.63) is 29.8 Å². The van der Waals surface area contributed by atoms with E-state index < -0.39 is 0 Å². The summed E-state index contributed by atoms with van der Waals surface area (Å²) in [5.41, 5.74) is 1.55. The van der Waals surface area contributed by atoms with Crippen molar-refractivity contribution < 1.29 is 14.3 Å². The maximum Gasteiger partial charge on any atom is 0.251 e. The molecule has 4 rings (SSSR count). The summed E-state index contributed by atoms with van der Waals surface area (Å²) in [6.07, 6.45) is 5.79. The number of piperidine rings is 1. The molecule has 0 atom stereocenters. The molecule has 0 unspecified atom stereocenters. The fraction of sp³-hybridized carbons (Fsp3) is 0.619. The molecule has 0 aliphatic carbocycles. The van der Waals surface area contributed by atoms with Crippen molar-refractivity contribution >= 4 is 17.5 Å². The number of carbonyl (C=O) groups excluding carboxylic acids is 2. The first-order valence-electron chi connectivity index (χ1n) is 10.2. The van der Waals surface area contributed by atoms with Crippen LogP contribution in [0.3, 0.4) is 0 Å². The number of nitrogens with one attached hydrogen (secondary N) is 1. The van der Waals surface area contributed by atoms with Crippen molar-refractivity contribution in [3.8, 4) is 0 Å². The number of likely N-dealkylation sites (tertiary alicyclic amines) is 1. The smallest absolute Gasteiger partial charge is 0.251 e. The van der Waals surface area contributed by atoms with Gasteiger partial charge in [-0.05, 0) is 56.4 Å². The van der Waals surface area contributed by atoms with Crippen molar-refractivity contribution in [2.45, 2.75) is 50.6 Å². The Morgan fingerprint density at radius 1 is 1.00 bits per heavy atom. The molecule has 3 heterocycles. The molecule has 0 aromatic heterocycles. The molecule has 0 radical (unpaired) electrons. The zero-order chi connectivity index (χ0) is 18.6. The summed E-state index contributed by atoms with van der Waals surface area (Å²) in [5, 5.41) is 3.19. The van der Waals surface area contributed by atoms with E-state index in [9.17, 15) is 9.59 Å². The number of benzene rings is 1. The normalized spacial score (nSPS) is 23.0. The fourth-order valence-electron chi connectivity index (χ4n) is 4.44. The van der Waals surface area contributed by atoms with E-state index in [1.807, 2.05) is 24.3 Å². The maximum atomic E-state index is 12.6. The Balaban J connectivity index is 1.27. The summed E-state index contributed by atoms with van der Waals surface area (Å²) in [7, 11) is 0. The highest BCUT2D eigenvalue weighted by Crippen LogP contribution is 2.22. The minimum atomic E-state index is -0.0150. The lowest BCUT2D eigenvalue weighted by atomic mass is 9.99. The molecule has 3 saturated heterocycles. The third-order valence-corrected chi connectivity index (χ3v) is 6.09. The van der Waals surface area contributed by atoms with Gasteiger partial charge in [0.15, 0.2) is 0 Å². The van der Waals surface area contributed by atoms with Crippen molar-refractivity contribution in [2.75, 3.05) is 37.7 Å². The van der Waals surface area contributed by atoms with Gasteiger partial charge in [-0.25, -0.2) is 0 Å². The third-order valence-electron chi connectivity index (χ3n) is 6.09. The average Bonchev–Trinajstić information content (AvgIpc) is 3.15. The fourth-order valence-corrected chi connectivity index (χ4v) is 4.44. The van der Waals surface area contributed by atoms with Gasteiger partial charge < -0.3 is 19.9 Å². The Labute approximate surface area is 160 Å². The lowest BCUT2D eigenvalue weighted by molar-refractivity contribution is -0.117. The van der Waals surface area contributed by atoms with Gasteiger partial charge in [-0.3, -0.25) is 9.59 Å². The zero-order valence-corrected chi connectivity index (χ0v) is 15.9. The number of ether oxygens (including phenoxy) is 1. The predicted octanol–water partition coefficient (Wildman–Crippen LogP) is 2.19. The van der Waals surface area contributed by atoms with Gasteiger partial charge in [0, 0.05) is 62.6 Å². The van der Waals surface area contributed by atoms with Crippen LogP contribution >= 0.6 is 0 Å². The van der Waals surface area contributed by atoms with Gasteiger partial charge in [-0.2, -0.15) is 0 Å². The molecule has 3 aliphatic heterocycles. The summed E-state index contributed by atoms with van der Waals surface area (Å²) < 4.78 is 5.45. The van der Waals surface area contributed by atoms with Crippen molar-refractivity contribution in [3.63, 3.8) is 0 Å². The lowest BCUT2D eigenvalue weighted by Crippen LogP contribution is -2.49. The first-order valence-corrected chi connectivity index (χ1v) is 10.2. The molecule has 3 aliphatic rings. The van der Waals surface area contributed by atoms with Crippen molar-refractivity contribution in [1.82, 2.24) is 10.2 Å². The second-order valence-corrected chi connectivity index (χ2v) is 7.82. The van der Waals surface area contributed by atoms with Gasteiger partial charge in [0.25, 0.3) is 5.91 Å². The van der Waals surface area contributed by atoms with Crippen LogP contribution in [-0.4, -0.2) is 61.6 Å². The number of hydrogen-bond acceptors (Lipinski definition) is 4. The first kappa shape index (κ1) is 18.4. The van der Waals surface area contributed by atoms with E-state index in [4.69, 9.17) is 4.74 Å². The second-order valence-electron chi connectivity index (χ2n) is 7.82. The number of nitrogens with zero attached hydrogens (tertiary/aromatic N) is 2. The van der Waals surface area contributed by atoms with Crippen LogP contribution < -0.4 is 10.2 Å². The Kier molecular flexibility index (Phi) is 5.74. The highest BCUT2D eigenvalue weighted by Gasteiger charge is 2.27. The molecule has 0 spiro atoms. The molecule has 146 valence electrons. The standard InChI is InChI=1S/C21H29N3O3/c25-20-2-1-11-24(20)19-5-3-16(4-6-19)21(26)22-17-7-12-23(13-8-17)18-9-14-27-15-10-18/h3-6,17-18H,1-2,7-15H2,(H,22,26). The van der Waals surface area contributed by atoms with Gasteiger partial charge in [-0.1, -0.05) is 0 Å². The molecule has 6 nitrogen and oxygen atoms in total. The molecule has 0 saturated carbocycles. The molecule has 1 aromatic rings. The minimum Gasteiger partial charge on any atom is -0.381 e. The topological polar surface area (TPSA) is 61.9 Å². The number of rotatable bonds is 4. The zero-order valence-electron chi connectivity index (χ0n) is 15.9. The van der Waals surface area contributed by atoms with Crippen LogP contribution in [0.4, 0.5) is 5.69 Å². The third kappa shape index (κ3) is 4.33. The van der Waals surface area contributed by atoms with Crippen molar-refractivity contribution in [2.24, 2.45) is 0 Å². The van der Waals surface area contributed by atoms with Crippen LogP contribution in [0.2, 0.25) is 0 Å². The van der Waals surface area contributed by atoms with E-state index in [-0.39, 0.29) is 17.9 Å². The van der Waals surface area contributed by atoms with Gasteiger partial charge in [-0.15, -0.1) is 0 Å². The van der Waals surface area contributed by atoms with E-state index in [0.29, 0.717) is 18.0 Å². The summed E-state index contributed by atoms with van der Waals surface area (Å²) in [5.74, 6) is 0.155. The number of amides is 2. The first-order chi connectivity index (χ1) is 13.2. The highest BCUT2D eigenvalue weighted by atomic mass is 16.5. The van der Waals surface area contributed by atoms with Crippen LogP contribution in [0.1, 0.15) is 48.9 Å². The summed E-state index contributed by atoms with van der Waals surface area (Å²) in [6.45, 7) is 4.62. The van der Waals surface area contributed by atoms with E-state index in [2.05, 4.69) is 10.2 Å². The molecular formula is C21H29N3O3. The quantitative estimate of drug-likeness (QED) is 0.881. The van der Waals surface area contributed by atoms with E-state index in [1.165, 1.54) is 0 Å². The van der Waals surface area contributed by atoms with Crippen LogP contribution in [0.5, 0.6) is 0 Å². The Hall–Kier alpha value is -1.92. The Morgan fingerprint density at radius 3 is 2.33 bits per heavy atom. The SMILES string of the molecule is O=C(NC1CCN(C2CCOCC2)CC1)c1ccc(N2CCCC2=O)cc1. The van der Waals surface area contributed by atoms with Gasteiger partial charge in [0.1, 0.15) is 0 Å². The Bertz CT molecular complexity index is 662. The van der Waals surface area contributed by atoms with Crippen LogP contribution in [0.25, 0.3) is 0 Å². The maximum absolute atomic E-state index is 12.6. The minimum absolute atomic E-state index is 0.0150. The van der Waals surface area contributed by atoms with E-state index in [0.717, 1.165) is 70.6 Å². The summed E-state index contributed by atoms with van der Waals surface area (Å²) in [6, 6.07) is 8.31. The monoisotopic (exact) mass is 371 g/mol. The molecule has 3 fully saturated rings. The number of anilines is 1. The molecule has 6 heteroatoms. The van der Waals surface area contributed by atoms with E-state index in [1.54, 1.807) is 4.90 Å². The van der Waals surface area contributed by atoms with E-state index >= 15 is 0 Å². The molecule has 27 heavy (non-hydrogen) atoms. The predicted molar refractivity (Wildman–Crippen MR) is 104 cm³/mol. The molecule has 1 N–H and O–H groups in total. The van der Waals surface area contributed by atoms with Gasteiger partial charge in [0.05, 0.1) is 0 Å². The summed E-state index contributed by atoms with van der Waals surface area (Å²) in [4.78, 5) is 28.8. The van der Waals surface area contributed by atoms with Crippen LogP contribution in [0.15, 0.2) is 24.3 Å². The molecule has 1 aromatic carbocycles. The largest absolute Gasteiger partial charge is 0.381 e. The molecule has 2 amide bonds. The Morgan fingerprint density at radius 2 is 1.70 bits per heavy atom. The molecule has 0 bridgehead atoms. The van der Waals surface area contributed by atoms with Gasteiger partial charge >= 0.3 is 0 Å². The van der Waals surface area contributed by atoms with Crippen LogP contribution in [0, 0.1) is 0 Å².